The number of nitrogens with two attached hydrogens (primary N) is 1. The van der Waals surface area contributed by atoms with Crippen LogP contribution >= 0.6 is 11.3 Å². The molecule has 0 aliphatic carbocycles. The van der Waals surface area contributed by atoms with Gasteiger partial charge in [-0.3, -0.25) is 19.2 Å². The molecule has 1 saturated heterocycles. The predicted octanol–water partition coefficient (Wildman–Crippen LogP) is 2.34. The summed E-state index contributed by atoms with van der Waals surface area (Å²) in [5.41, 5.74) is 7.26. The van der Waals surface area contributed by atoms with Gasteiger partial charge in [-0.05, 0) is 43.5 Å². The summed E-state index contributed by atoms with van der Waals surface area (Å²) in [5, 5.41) is 10.9. The number of likely N-dealkylation sites (N-methyl/N-ethyl adjacent to an activating group) is 2. The Morgan fingerprint density at radius 2 is 1.83 bits per heavy atom. The van der Waals surface area contributed by atoms with Crippen molar-refractivity contribution in [3.8, 4) is 0 Å². The van der Waals surface area contributed by atoms with Crippen molar-refractivity contribution in [2.24, 2.45) is 11.8 Å². The third-order valence-electron chi connectivity index (χ3n) is 9.33. The Bertz CT molecular complexity index is 1330. The maximum atomic E-state index is 13.9. The van der Waals surface area contributed by atoms with E-state index in [2.05, 4.69) is 34.8 Å². The molecule has 266 valence electrons. The number of thiazole rings is 1. The number of nitrogens with one attached hydrogen (secondary N) is 3. The van der Waals surface area contributed by atoms with Crippen LogP contribution in [0.15, 0.2) is 35.8 Å². The lowest BCUT2D eigenvalue weighted by Gasteiger charge is -2.39. The zero-order valence-electron chi connectivity index (χ0n) is 29.2. The first-order chi connectivity index (χ1) is 23.0. The van der Waals surface area contributed by atoms with E-state index in [1.807, 2.05) is 12.1 Å². The number of benzene rings is 1. The van der Waals surface area contributed by atoms with Crippen LogP contribution in [0.3, 0.4) is 0 Å². The number of likely N-dealkylation sites (tertiary alicyclic amines) is 1. The monoisotopic (exact) mass is 687 g/mol. The van der Waals surface area contributed by atoms with E-state index in [1.165, 1.54) is 18.4 Å². The molecular weight excluding hydrogens is 634 g/mol. The van der Waals surface area contributed by atoms with E-state index in [0.29, 0.717) is 23.7 Å². The SMILES string of the molecule is CCC(C)C(C(CC(=O)N1CCCC1C(OC)C(C)C(=O)NC(C(=O)NCc1ccc(N)cc1)c1nccs1)OC)N(C)C(=O)CNC. The van der Waals surface area contributed by atoms with Crippen molar-refractivity contribution in [1.29, 1.82) is 0 Å². The Balaban J connectivity index is 1.73. The second-order valence-corrected chi connectivity index (χ2v) is 13.4. The number of aromatic nitrogens is 1. The normalized spacial score (nSPS) is 18.3. The molecule has 1 aliphatic heterocycles. The van der Waals surface area contributed by atoms with E-state index in [4.69, 9.17) is 15.2 Å². The van der Waals surface area contributed by atoms with E-state index in [-0.39, 0.29) is 55.2 Å². The summed E-state index contributed by atoms with van der Waals surface area (Å²) in [6, 6.07) is 5.51. The van der Waals surface area contributed by atoms with Gasteiger partial charge < -0.3 is 41.0 Å². The number of hydrogen-bond donors (Lipinski definition) is 4. The van der Waals surface area contributed by atoms with Crippen molar-refractivity contribution in [1.82, 2.24) is 30.7 Å². The van der Waals surface area contributed by atoms with Gasteiger partial charge in [0, 0.05) is 51.6 Å². The van der Waals surface area contributed by atoms with Crippen LogP contribution < -0.4 is 21.7 Å². The number of methoxy groups -OCH3 is 2. The molecule has 0 spiro atoms. The van der Waals surface area contributed by atoms with Crippen molar-refractivity contribution in [3.05, 3.63) is 46.4 Å². The van der Waals surface area contributed by atoms with Gasteiger partial charge in [0.15, 0.2) is 6.04 Å². The molecular formula is C34H53N7O6S. The molecule has 4 amide bonds. The maximum Gasteiger partial charge on any atom is 0.250 e. The average molecular weight is 688 g/mol. The summed E-state index contributed by atoms with van der Waals surface area (Å²) in [4.78, 5) is 61.6. The van der Waals surface area contributed by atoms with Crippen molar-refractivity contribution >= 4 is 40.7 Å². The lowest BCUT2D eigenvalue weighted by Crippen LogP contribution is -2.54. The van der Waals surface area contributed by atoms with Gasteiger partial charge in [-0.1, -0.05) is 39.3 Å². The second-order valence-electron chi connectivity index (χ2n) is 12.4. The number of nitrogens with zero attached hydrogens (tertiary/aromatic N) is 3. The molecule has 14 heteroatoms. The molecule has 1 aromatic heterocycles. The molecule has 0 bridgehead atoms. The summed E-state index contributed by atoms with van der Waals surface area (Å²) in [5.74, 6) is -1.59. The van der Waals surface area contributed by atoms with Crippen LogP contribution in [-0.2, 0) is 35.2 Å². The minimum Gasteiger partial charge on any atom is -0.399 e. The number of hydrogen-bond acceptors (Lipinski definition) is 10. The molecule has 1 fully saturated rings. The fraction of sp³-hybridized carbons (Fsp3) is 0.618. The molecule has 1 aliphatic rings. The second kappa shape index (κ2) is 18.8. The molecule has 3 rings (SSSR count). The zero-order valence-corrected chi connectivity index (χ0v) is 30.0. The molecule has 1 aromatic carbocycles. The van der Waals surface area contributed by atoms with Gasteiger partial charge in [-0.25, -0.2) is 4.98 Å². The molecule has 0 radical (unpaired) electrons. The highest BCUT2D eigenvalue weighted by Crippen LogP contribution is 2.30. The molecule has 48 heavy (non-hydrogen) atoms. The number of amides is 4. The van der Waals surface area contributed by atoms with Crippen molar-refractivity contribution in [2.75, 3.05) is 47.1 Å². The molecule has 7 unspecified atom stereocenters. The van der Waals surface area contributed by atoms with Gasteiger partial charge >= 0.3 is 0 Å². The third-order valence-corrected chi connectivity index (χ3v) is 10.2. The lowest BCUT2D eigenvalue weighted by molar-refractivity contribution is -0.145. The summed E-state index contributed by atoms with van der Waals surface area (Å²) >= 11 is 1.27. The fourth-order valence-corrected chi connectivity index (χ4v) is 7.10. The smallest absolute Gasteiger partial charge is 0.250 e. The van der Waals surface area contributed by atoms with Gasteiger partial charge in [0.1, 0.15) is 5.01 Å². The number of carbonyl (C=O) groups is 4. The summed E-state index contributed by atoms with van der Waals surface area (Å²) < 4.78 is 11.8. The number of ether oxygens (including phenoxy) is 2. The lowest BCUT2D eigenvalue weighted by atomic mass is 9.90. The van der Waals surface area contributed by atoms with Crippen LogP contribution in [0.25, 0.3) is 0 Å². The molecule has 13 nitrogen and oxygen atoms in total. The van der Waals surface area contributed by atoms with Gasteiger partial charge in [0.2, 0.25) is 23.6 Å². The molecule has 0 saturated carbocycles. The fourth-order valence-electron chi connectivity index (χ4n) is 6.42. The van der Waals surface area contributed by atoms with Gasteiger partial charge in [-0.15, -0.1) is 11.3 Å². The van der Waals surface area contributed by atoms with Crippen LogP contribution in [0, 0.1) is 11.8 Å². The van der Waals surface area contributed by atoms with Crippen LogP contribution in [-0.4, -0.2) is 104 Å². The number of nitrogen functional groups attached to an aromatic ring is 1. The highest BCUT2D eigenvalue weighted by molar-refractivity contribution is 7.09. The minimum atomic E-state index is -1.00. The Hall–Kier alpha value is -3.59. The largest absolute Gasteiger partial charge is 0.399 e. The van der Waals surface area contributed by atoms with Gasteiger partial charge in [0.25, 0.3) is 0 Å². The Morgan fingerprint density at radius 3 is 2.42 bits per heavy atom. The third kappa shape index (κ3) is 9.97. The first-order valence-electron chi connectivity index (χ1n) is 16.5. The molecule has 7 atom stereocenters. The van der Waals surface area contributed by atoms with Crippen LogP contribution in [0.4, 0.5) is 5.69 Å². The molecule has 2 heterocycles. The zero-order chi connectivity index (χ0) is 35.4. The molecule has 5 N–H and O–H groups in total. The Labute approximate surface area is 288 Å². The van der Waals surface area contributed by atoms with E-state index >= 15 is 0 Å². The van der Waals surface area contributed by atoms with E-state index < -0.39 is 30.1 Å². The number of carbonyl (C=O) groups excluding carboxylic acids is 4. The predicted molar refractivity (Wildman–Crippen MR) is 186 cm³/mol. The first kappa shape index (κ1) is 38.9. The quantitative estimate of drug-likeness (QED) is 0.172. The van der Waals surface area contributed by atoms with Crippen molar-refractivity contribution < 1.29 is 28.7 Å². The van der Waals surface area contributed by atoms with Gasteiger partial charge in [0.05, 0.1) is 43.2 Å². The summed E-state index contributed by atoms with van der Waals surface area (Å²) in [7, 11) is 6.58. The van der Waals surface area contributed by atoms with Crippen molar-refractivity contribution in [2.45, 2.75) is 83.3 Å². The highest BCUT2D eigenvalue weighted by Gasteiger charge is 2.42. The van der Waals surface area contributed by atoms with Crippen LogP contribution in [0.5, 0.6) is 0 Å². The first-order valence-corrected chi connectivity index (χ1v) is 17.4. The Morgan fingerprint density at radius 1 is 1.12 bits per heavy atom. The standard InChI is InChI=1S/C34H53N7O6S/c1-8-21(2)30(40(5)28(43)20-36-4)26(46-6)18-27(42)41-16-9-10-25(41)31(47-7)22(3)32(44)39-29(34-37-15-17-48-34)33(45)38-19-23-11-13-24(35)14-12-23/h11-15,17,21-22,25-26,29-31,36H,8-10,16,18-20,35H2,1-7H3,(H,38,45)(H,39,44). The number of anilines is 1. The maximum absolute atomic E-state index is 13.9. The average Bonchev–Trinajstić information content (AvgIpc) is 3.80. The highest BCUT2D eigenvalue weighted by atomic mass is 32.1. The van der Waals surface area contributed by atoms with Crippen LogP contribution in [0.2, 0.25) is 0 Å². The molecule has 2 aromatic rings. The van der Waals surface area contributed by atoms with Gasteiger partial charge in [-0.2, -0.15) is 0 Å². The van der Waals surface area contributed by atoms with Crippen molar-refractivity contribution in [3.63, 3.8) is 0 Å². The van der Waals surface area contributed by atoms with E-state index in [9.17, 15) is 19.2 Å². The number of rotatable bonds is 18. The van der Waals surface area contributed by atoms with Crippen LogP contribution in [0.1, 0.15) is 63.1 Å². The summed E-state index contributed by atoms with van der Waals surface area (Å²) in [6.07, 6.45) is 2.74. The van der Waals surface area contributed by atoms with E-state index in [0.717, 1.165) is 18.4 Å². The minimum absolute atomic E-state index is 0.0781. The summed E-state index contributed by atoms with van der Waals surface area (Å²) in [6.45, 7) is 6.82. The van der Waals surface area contributed by atoms with E-state index in [1.54, 1.807) is 61.6 Å². The Kier molecular flexibility index (Phi) is 15.2. The topological polar surface area (TPSA) is 168 Å².